The fourth-order valence-electron chi connectivity index (χ4n) is 2.23. The summed E-state index contributed by atoms with van der Waals surface area (Å²) in [5.74, 6) is -0.797. The first-order valence-corrected chi connectivity index (χ1v) is 7.29. The van der Waals surface area contributed by atoms with Gasteiger partial charge in [-0.1, -0.05) is 37.6 Å². The maximum atomic E-state index is 10.9. The lowest BCUT2D eigenvalue weighted by Gasteiger charge is -2.17. The molecule has 3 N–H and O–H groups in total. The average Bonchev–Trinajstić information content (AvgIpc) is 2.41. The predicted molar refractivity (Wildman–Crippen MR) is 79.9 cm³/mol. The Morgan fingerprint density at radius 1 is 1.25 bits per heavy atom. The van der Waals surface area contributed by atoms with E-state index in [1.165, 1.54) is 5.56 Å². The minimum absolute atomic E-state index is 0.0870. The molecule has 1 aromatic rings. The smallest absolute Gasteiger partial charge is 0.304 e. The molecule has 0 fully saturated rings. The molecule has 1 atom stereocenters. The minimum Gasteiger partial charge on any atom is -0.481 e. The van der Waals surface area contributed by atoms with E-state index in [1.807, 2.05) is 0 Å². The van der Waals surface area contributed by atoms with Gasteiger partial charge in [0.05, 0.1) is 6.42 Å². The van der Waals surface area contributed by atoms with Gasteiger partial charge in [0.1, 0.15) is 0 Å². The van der Waals surface area contributed by atoms with Gasteiger partial charge in [-0.05, 0) is 36.9 Å². The van der Waals surface area contributed by atoms with Crippen LogP contribution in [0.2, 0.25) is 0 Å². The summed E-state index contributed by atoms with van der Waals surface area (Å²) in [6, 6.07) is 8.30. The fourth-order valence-corrected chi connectivity index (χ4v) is 2.23. The topological polar surface area (TPSA) is 69.6 Å². The fraction of sp³-hybridized carbons (Fsp3) is 0.562. The summed E-state index contributed by atoms with van der Waals surface area (Å²) in [4.78, 5) is 10.9. The summed E-state index contributed by atoms with van der Waals surface area (Å²) < 4.78 is 0. The molecule has 0 aliphatic carbocycles. The molecule has 0 heterocycles. The summed E-state index contributed by atoms with van der Waals surface area (Å²) in [5.41, 5.74) is 2.46. The van der Waals surface area contributed by atoms with Gasteiger partial charge >= 0.3 is 5.97 Å². The third-order valence-electron chi connectivity index (χ3n) is 3.23. The lowest BCUT2D eigenvalue weighted by molar-refractivity contribution is -0.137. The van der Waals surface area contributed by atoms with Crippen LogP contribution in [0, 0.1) is 0 Å². The molecule has 0 aliphatic heterocycles. The number of nitrogens with one attached hydrogen (secondary N) is 1. The Balaban J connectivity index is 2.55. The number of carbonyl (C=O) groups is 1. The third kappa shape index (κ3) is 6.68. The van der Waals surface area contributed by atoms with Crippen molar-refractivity contribution in [2.45, 2.75) is 45.1 Å². The Kier molecular flexibility index (Phi) is 7.92. The Bertz CT molecular complexity index is 389. The van der Waals surface area contributed by atoms with Crippen LogP contribution in [-0.2, 0) is 17.6 Å². The van der Waals surface area contributed by atoms with Crippen LogP contribution in [0.3, 0.4) is 0 Å². The minimum atomic E-state index is -0.797. The molecule has 20 heavy (non-hydrogen) atoms. The number of aliphatic hydroxyl groups excluding tert-OH is 1. The zero-order chi connectivity index (χ0) is 14.8. The van der Waals surface area contributed by atoms with E-state index >= 15 is 0 Å². The SMILES string of the molecule is CCCc1ccc(CC(CC(=O)O)NCCCO)cc1. The second-order valence-electron chi connectivity index (χ2n) is 5.10. The Labute approximate surface area is 120 Å². The van der Waals surface area contributed by atoms with Crippen molar-refractivity contribution in [3.8, 4) is 0 Å². The van der Waals surface area contributed by atoms with Crippen LogP contribution in [-0.4, -0.2) is 35.4 Å². The molecular weight excluding hydrogens is 254 g/mol. The molecule has 1 rings (SSSR count). The number of hydrogen-bond donors (Lipinski definition) is 3. The largest absolute Gasteiger partial charge is 0.481 e. The van der Waals surface area contributed by atoms with Crippen molar-refractivity contribution in [3.05, 3.63) is 35.4 Å². The van der Waals surface area contributed by atoms with E-state index in [1.54, 1.807) is 0 Å². The number of carboxylic acid groups (broad SMARTS) is 1. The number of benzene rings is 1. The first-order valence-electron chi connectivity index (χ1n) is 7.29. The quantitative estimate of drug-likeness (QED) is 0.573. The van der Waals surface area contributed by atoms with Gasteiger partial charge in [-0.25, -0.2) is 0 Å². The highest BCUT2D eigenvalue weighted by Crippen LogP contribution is 2.10. The molecule has 4 nitrogen and oxygen atoms in total. The average molecular weight is 279 g/mol. The molecule has 0 bridgehead atoms. The van der Waals surface area contributed by atoms with Gasteiger partial charge in [0.2, 0.25) is 0 Å². The Hall–Kier alpha value is -1.39. The molecule has 0 radical (unpaired) electrons. The van der Waals surface area contributed by atoms with Crippen molar-refractivity contribution >= 4 is 5.97 Å². The van der Waals surface area contributed by atoms with E-state index in [-0.39, 0.29) is 19.1 Å². The first-order chi connectivity index (χ1) is 9.65. The number of rotatable bonds is 10. The van der Waals surface area contributed by atoms with Crippen LogP contribution in [0.15, 0.2) is 24.3 Å². The van der Waals surface area contributed by atoms with Crippen molar-refractivity contribution in [1.29, 1.82) is 0 Å². The second-order valence-corrected chi connectivity index (χ2v) is 5.10. The van der Waals surface area contributed by atoms with E-state index in [4.69, 9.17) is 10.2 Å². The van der Waals surface area contributed by atoms with Crippen molar-refractivity contribution in [2.75, 3.05) is 13.2 Å². The Morgan fingerprint density at radius 2 is 1.90 bits per heavy atom. The molecule has 112 valence electrons. The molecular formula is C16H25NO3. The summed E-state index contributed by atoms with van der Waals surface area (Å²) in [6.07, 6.45) is 3.65. The molecule has 0 aliphatic rings. The molecule has 0 aromatic heterocycles. The maximum absolute atomic E-state index is 10.9. The van der Waals surface area contributed by atoms with Crippen LogP contribution in [0.5, 0.6) is 0 Å². The second kappa shape index (κ2) is 9.50. The van der Waals surface area contributed by atoms with Gasteiger partial charge in [0.25, 0.3) is 0 Å². The van der Waals surface area contributed by atoms with E-state index in [0.29, 0.717) is 19.4 Å². The number of aliphatic hydroxyl groups is 1. The standard InChI is InChI=1S/C16H25NO3/c1-2-4-13-5-7-14(8-6-13)11-15(12-16(19)20)17-9-3-10-18/h5-8,15,17-18H,2-4,9-12H2,1H3,(H,19,20). The van der Waals surface area contributed by atoms with Crippen molar-refractivity contribution in [1.82, 2.24) is 5.32 Å². The van der Waals surface area contributed by atoms with Gasteiger partial charge < -0.3 is 15.5 Å². The van der Waals surface area contributed by atoms with E-state index in [0.717, 1.165) is 18.4 Å². The lowest BCUT2D eigenvalue weighted by atomic mass is 10.0. The van der Waals surface area contributed by atoms with E-state index < -0.39 is 5.97 Å². The number of aliphatic carboxylic acids is 1. The van der Waals surface area contributed by atoms with E-state index in [2.05, 4.69) is 36.5 Å². The monoisotopic (exact) mass is 279 g/mol. The normalized spacial score (nSPS) is 12.3. The van der Waals surface area contributed by atoms with Crippen LogP contribution >= 0.6 is 0 Å². The number of aryl methyl sites for hydroxylation is 1. The third-order valence-corrected chi connectivity index (χ3v) is 3.23. The summed E-state index contributed by atoms with van der Waals surface area (Å²) >= 11 is 0. The zero-order valence-corrected chi connectivity index (χ0v) is 12.1. The van der Waals surface area contributed by atoms with Crippen molar-refractivity contribution in [3.63, 3.8) is 0 Å². The Morgan fingerprint density at radius 3 is 2.45 bits per heavy atom. The first kappa shape index (κ1) is 16.7. The highest BCUT2D eigenvalue weighted by molar-refractivity contribution is 5.67. The summed E-state index contributed by atoms with van der Waals surface area (Å²) in [6.45, 7) is 2.92. The molecule has 0 saturated carbocycles. The van der Waals surface area contributed by atoms with Crippen molar-refractivity contribution < 1.29 is 15.0 Å². The van der Waals surface area contributed by atoms with Crippen LogP contribution < -0.4 is 5.32 Å². The predicted octanol–water partition coefficient (Wildman–Crippen LogP) is 2.00. The maximum Gasteiger partial charge on any atom is 0.304 e. The van der Waals surface area contributed by atoms with Crippen LogP contribution in [0.1, 0.15) is 37.3 Å². The van der Waals surface area contributed by atoms with Crippen LogP contribution in [0.25, 0.3) is 0 Å². The lowest BCUT2D eigenvalue weighted by Crippen LogP contribution is -2.34. The molecule has 0 saturated heterocycles. The molecule has 1 unspecified atom stereocenters. The van der Waals surface area contributed by atoms with Crippen molar-refractivity contribution in [2.24, 2.45) is 0 Å². The molecule has 1 aromatic carbocycles. The number of carboxylic acids is 1. The van der Waals surface area contributed by atoms with Gasteiger partial charge in [-0.2, -0.15) is 0 Å². The number of hydrogen-bond acceptors (Lipinski definition) is 3. The molecule has 0 amide bonds. The zero-order valence-electron chi connectivity index (χ0n) is 12.1. The van der Waals surface area contributed by atoms with Gasteiger partial charge in [0, 0.05) is 12.6 Å². The van der Waals surface area contributed by atoms with Gasteiger partial charge in [-0.15, -0.1) is 0 Å². The summed E-state index contributed by atoms with van der Waals surface area (Å²) in [5, 5.41) is 20.9. The van der Waals surface area contributed by atoms with E-state index in [9.17, 15) is 4.79 Å². The van der Waals surface area contributed by atoms with Gasteiger partial charge in [0.15, 0.2) is 0 Å². The molecule has 4 heteroatoms. The van der Waals surface area contributed by atoms with Gasteiger partial charge in [-0.3, -0.25) is 4.79 Å². The molecule has 0 spiro atoms. The highest BCUT2D eigenvalue weighted by Gasteiger charge is 2.13. The summed E-state index contributed by atoms with van der Waals surface area (Å²) in [7, 11) is 0. The highest BCUT2D eigenvalue weighted by atomic mass is 16.4. The van der Waals surface area contributed by atoms with Crippen LogP contribution in [0.4, 0.5) is 0 Å².